The molecule has 6 nitrogen and oxygen atoms in total. The van der Waals surface area contributed by atoms with Crippen molar-refractivity contribution < 1.29 is 9.59 Å². The molecule has 0 unspecified atom stereocenters. The number of anilines is 1. The Kier molecular flexibility index (Phi) is 6.08. The lowest BCUT2D eigenvalue weighted by molar-refractivity contribution is -0.115. The number of carbonyl (C=O) groups is 2. The zero-order valence-electron chi connectivity index (χ0n) is 15.3. The molecule has 3 aromatic rings. The zero-order chi connectivity index (χ0) is 19.4. The van der Waals surface area contributed by atoms with E-state index in [1.807, 2.05) is 35.9 Å². The van der Waals surface area contributed by atoms with E-state index in [0.29, 0.717) is 16.4 Å². The van der Waals surface area contributed by atoms with Crippen LogP contribution in [0.2, 0.25) is 0 Å². The number of aromatic nitrogens is 3. The SMILES string of the molecule is CCn1c(S[C@@H](C)C(=O)Nc2cccc(C(C)=O)c2)nnc1-c1cccs1. The van der Waals surface area contributed by atoms with Gasteiger partial charge >= 0.3 is 0 Å². The highest BCUT2D eigenvalue weighted by Crippen LogP contribution is 2.29. The molecule has 0 aliphatic heterocycles. The quantitative estimate of drug-likeness (QED) is 0.471. The maximum absolute atomic E-state index is 12.6. The van der Waals surface area contributed by atoms with Crippen molar-refractivity contribution in [3.8, 4) is 10.7 Å². The Morgan fingerprint density at radius 2 is 2.07 bits per heavy atom. The first-order valence-corrected chi connectivity index (χ1v) is 10.3. The molecule has 0 fully saturated rings. The molecule has 1 N–H and O–H groups in total. The molecule has 140 valence electrons. The molecular weight excluding hydrogens is 380 g/mol. The van der Waals surface area contributed by atoms with Crippen LogP contribution in [0.5, 0.6) is 0 Å². The highest BCUT2D eigenvalue weighted by Gasteiger charge is 2.21. The number of carbonyl (C=O) groups excluding carboxylic acids is 2. The fraction of sp³-hybridized carbons (Fsp3) is 0.263. The summed E-state index contributed by atoms with van der Waals surface area (Å²) in [7, 11) is 0. The predicted molar refractivity (Wildman–Crippen MR) is 109 cm³/mol. The first-order chi connectivity index (χ1) is 13.0. The van der Waals surface area contributed by atoms with Crippen LogP contribution in [0.1, 0.15) is 31.1 Å². The number of nitrogens with one attached hydrogen (secondary N) is 1. The van der Waals surface area contributed by atoms with E-state index < -0.39 is 0 Å². The summed E-state index contributed by atoms with van der Waals surface area (Å²) in [4.78, 5) is 25.1. The molecule has 8 heteroatoms. The lowest BCUT2D eigenvalue weighted by Gasteiger charge is -2.13. The van der Waals surface area contributed by atoms with E-state index in [1.54, 1.807) is 35.6 Å². The summed E-state index contributed by atoms with van der Waals surface area (Å²) >= 11 is 2.98. The highest BCUT2D eigenvalue weighted by atomic mass is 32.2. The van der Waals surface area contributed by atoms with Gasteiger partial charge in [-0.25, -0.2) is 0 Å². The number of thiophene rings is 1. The van der Waals surface area contributed by atoms with Gasteiger partial charge in [-0.15, -0.1) is 21.5 Å². The summed E-state index contributed by atoms with van der Waals surface area (Å²) in [5, 5.41) is 13.8. The van der Waals surface area contributed by atoms with Crippen LogP contribution < -0.4 is 5.32 Å². The average Bonchev–Trinajstić information content (AvgIpc) is 3.31. The number of hydrogen-bond donors (Lipinski definition) is 1. The Labute approximate surface area is 166 Å². The molecule has 0 aliphatic rings. The summed E-state index contributed by atoms with van der Waals surface area (Å²) in [5.74, 6) is 0.631. The van der Waals surface area contributed by atoms with Crippen LogP contribution in [0.4, 0.5) is 5.69 Å². The minimum atomic E-state index is -0.364. The van der Waals surface area contributed by atoms with Gasteiger partial charge in [0, 0.05) is 17.8 Å². The molecule has 0 saturated heterocycles. The molecule has 0 radical (unpaired) electrons. The molecule has 3 rings (SSSR count). The molecule has 1 amide bonds. The van der Waals surface area contributed by atoms with E-state index >= 15 is 0 Å². The van der Waals surface area contributed by atoms with Crippen LogP contribution in [0.3, 0.4) is 0 Å². The van der Waals surface area contributed by atoms with Crippen molar-refractivity contribution >= 4 is 40.5 Å². The van der Waals surface area contributed by atoms with Crippen LogP contribution in [0.25, 0.3) is 10.7 Å². The fourth-order valence-electron chi connectivity index (χ4n) is 2.52. The van der Waals surface area contributed by atoms with Crippen molar-refractivity contribution in [1.29, 1.82) is 0 Å². The van der Waals surface area contributed by atoms with Gasteiger partial charge in [0.15, 0.2) is 16.8 Å². The second kappa shape index (κ2) is 8.49. The predicted octanol–water partition coefficient (Wildman–Crippen LogP) is 4.35. The van der Waals surface area contributed by atoms with E-state index in [9.17, 15) is 9.59 Å². The van der Waals surface area contributed by atoms with Gasteiger partial charge in [-0.05, 0) is 44.4 Å². The van der Waals surface area contributed by atoms with Gasteiger partial charge in [-0.2, -0.15) is 0 Å². The minimum absolute atomic E-state index is 0.0364. The molecule has 2 aromatic heterocycles. The summed E-state index contributed by atoms with van der Waals surface area (Å²) in [6.07, 6.45) is 0. The largest absolute Gasteiger partial charge is 0.325 e. The average molecular weight is 401 g/mol. The molecular formula is C19H20N4O2S2. The van der Waals surface area contributed by atoms with E-state index in [-0.39, 0.29) is 16.9 Å². The third kappa shape index (κ3) is 4.45. The summed E-state index contributed by atoms with van der Waals surface area (Å²) in [5.41, 5.74) is 1.18. The molecule has 1 atom stereocenters. The lowest BCUT2D eigenvalue weighted by atomic mass is 10.1. The summed E-state index contributed by atoms with van der Waals surface area (Å²) in [6, 6.07) is 10.9. The van der Waals surface area contributed by atoms with Gasteiger partial charge < -0.3 is 9.88 Å². The van der Waals surface area contributed by atoms with Crippen molar-refractivity contribution in [3.63, 3.8) is 0 Å². The smallest absolute Gasteiger partial charge is 0.237 e. The monoisotopic (exact) mass is 400 g/mol. The standard InChI is InChI=1S/C19H20N4O2S2/c1-4-23-17(16-9-6-10-26-16)21-22-19(23)27-13(3)18(25)20-15-8-5-7-14(11-15)12(2)24/h5-11,13H,4H2,1-3H3,(H,20,25)/t13-/m0/s1. The lowest BCUT2D eigenvalue weighted by Crippen LogP contribution is -2.23. The van der Waals surface area contributed by atoms with E-state index in [2.05, 4.69) is 15.5 Å². The maximum Gasteiger partial charge on any atom is 0.237 e. The van der Waals surface area contributed by atoms with Gasteiger partial charge in [0.05, 0.1) is 10.1 Å². The second-order valence-electron chi connectivity index (χ2n) is 5.91. The van der Waals surface area contributed by atoms with Gasteiger partial charge in [0.2, 0.25) is 5.91 Å². The van der Waals surface area contributed by atoms with Crippen molar-refractivity contribution in [3.05, 3.63) is 47.3 Å². The van der Waals surface area contributed by atoms with Crippen LogP contribution in [-0.4, -0.2) is 31.7 Å². The Hall–Kier alpha value is -2.45. The molecule has 0 saturated carbocycles. The molecule has 0 bridgehead atoms. The number of hydrogen-bond acceptors (Lipinski definition) is 6. The Morgan fingerprint density at radius 1 is 1.26 bits per heavy atom. The maximum atomic E-state index is 12.6. The van der Waals surface area contributed by atoms with Crippen molar-refractivity contribution in [2.75, 3.05) is 5.32 Å². The van der Waals surface area contributed by atoms with Gasteiger partial charge in [0.1, 0.15) is 0 Å². The summed E-state index contributed by atoms with van der Waals surface area (Å²) < 4.78 is 2.01. The van der Waals surface area contributed by atoms with Crippen molar-refractivity contribution in [1.82, 2.24) is 14.8 Å². The second-order valence-corrected chi connectivity index (χ2v) is 8.17. The highest BCUT2D eigenvalue weighted by molar-refractivity contribution is 8.00. The Bertz CT molecular complexity index is 951. The first-order valence-electron chi connectivity index (χ1n) is 8.55. The molecule has 0 spiro atoms. The van der Waals surface area contributed by atoms with Crippen LogP contribution in [0.15, 0.2) is 46.9 Å². The number of amides is 1. The van der Waals surface area contributed by atoms with Crippen LogP contribution in [-0.2, 0) is 11.3 Å². The third-order valence-electron chi connectivity index (χ3n) is 3.96. The number of benzene rings is 1. The number of ketones is 1. The molecule has 1 aromatic carbocycles. The zero-order valence-corrected chi connectivity index (χ0v) is 16.9. The van der Waals surface area contributed by atoms with Crippen molar-refractivity contribution in [2.45, 2.75) is 37.7 Å². The first kappa shape index (κ1) is 19.3. The molecule has 0 aliphatic carbocycles. The Morgan fingerprint density at radius 3 is 2.74 bits per heavy atom. The topological polar surface area (TPSA) is 76.9 Å². The summed E-state index contributed by atoms with van der Waals surface area (Å²) in [6.45, 7) is 6.08. The van der Waals surface area contributed by atoms with E-state index in [0.717, 1.165) is 17.2 Å². The third-order valence-corrected chi connectivity index (χ3v) is 5.91. The molecule has 27 heavy (non-hydrogen) atoms. The fourth-order valence-corrected chi connectivity index (χ4v) is 4.15. The van der Waals surface area contributed by atoms with Gasteiger partial charge in [-0.3, -0.25) is 9.59 Å². The van der Waals surface area contributed by atoms with E-state index in [1.165, 1.54) is 18.7 Å². The Balaban J connectivity index is 1.72. The number of rotatable bonds is 7. The van der Waals surface area contributed by atoms with Gasteiger partial charge in [0.25, 0.3) is 0 Å². The normalized spacial score (nSPS) is 12.0. The van der Waals surface area contributed by atoms with Crippen molar-refractivity contribution in [2.24, 2.45) is 0 Å². The number of thioether (sulfide) groups is 1. The number of Topliss-reactive ketones (excluding diaryl/α,β-unsaturated/α-hetero) is 1. The van der Waals surface area contributed by atoms with E-state index in [4.69, 9.17) is 0 Å². The molecule has 2 heterocycles. The van der Waals surface area contributed by atoms with Gasteiger partial charge in [-0.1, -0.05) is 30.0 Å². The number of nitrogens with zero attached hydrogens (tertiary/aromatic N) is 3. The van der Waals surface area contributed by atoms with Crippen LogP contribution in [0, 0.1) is 0 Å². The van der Waals surface area contributed by atoms with Crippen LogP contribution >= 0.6 is 23.1 Å². The minimum Gasteiger partial charge on any atom is -0.325 e.